The topological polar surface area (TPSA) is 133 Å². The van der Waals surface area contributed by atoms with Gasteiger partial charge in [-0.3, -0.25) is 14.4 Å². The summed E-state index contributed by atoms with van der Waals surface area (Å²) in [6.45, 7) is 3.63. The van der Waals surface area contributed by atoms with Crippen LogP contribution in [0.25, 0.3) is 0 Å². The maximum absolute atomic E-state index is 11.9. The summed E-state index contributed by atoms with van der Waals surface area (Å²) in [5.41, 5.74) is 4.11. The van der Waals surface area contributed by atoms with Crippen molar-refractivity contribution < 1.29 is 24.3 Å². The molecule has 124 valence electrons. The molecular weight excluding hydrogens is 292 g/mol. The average Bonchev–Trinajstić information content (AvgIpc) is 2.40. The second kappa shape index (κ2) is 7.10. The van der Waals surface area contributed by atoms with Gasteiger partial charge in [0, 0.05) is 19.6 Å². The number of primary amides is 1. The Kier molecular flexibility index (Phi) is 5.72. The molecule has 1 heterocycles. The summed E-state index contributed by atoms with van der Waals surface area (Å²) in [5.74, 6) is -1.87. The lowest BCUT2D eigenvalue weighted by Crippen LogP contribution is -2.56. The highest BCUT2D eigenvalue weighted by molar-refractivity contribution is 5.88. The van der Waals surface area contributed by atoms with Gasteiger partial charge in [0.05, 0.1) is 12.0 Å². The van der Waals surface area contributed by atoms with Crippen LogP contribution in [0.1, 0.15) is 20.3 Å². The van der Waals surface area contributed by atoms with Gasteiger partial charge >= 0.3 is 12.0 Å². The maximum Gasteiger partial charge on any atom is 0.317 e. The van der Waals surface area contributed by atoms with Crippen molar-refractivity contribution in [2.75, 3.05) is 32.7 Å². The van der Waals surface area contributed by atoms with Gasteiger partial charge in [-0.25, -0.2) is 4.79 Å². The largest absolute Gasteiger partial charge is 0.481 e. The lowest BCUT2D eigenvalue weighted by molar-refractivity contribution is -0.147. The van der Waals surface area contributed by atoms with Gasteiger partial charge in [-0.1, -0.05) is 0 Å². The van der Waals surface area contributed by atoms with Crippen LogP contribution in [0.2, 0.25) is 0 Å². The van der Waals surface area contributed by atoms with Gasteiger partial charge in [-0.15, -0.1) is 0 Å². The molecule has 4 amide bonds. The molecule has 0 bridgehead atoms. The van der Waals surface area contributed by atoms with Crippen molar-refractivity contribution in [3.8, 4) is 0 Å². The molecule has 0 saturated carbocycles. The summed E-state index contributed by atoms with van der Waals surface area (Å²) >= 11 is 0. The zero-order chi connectivity index (χ0) is 16.9. The Bertz CT molecular complexity index is 477. The van der Waals surface area contributed by atoms with Crippen LogP contribution in [0.4, 0.5) is 4.79 Å². The van der Waals surface area contributed by atoms with E-state index in [1.165, 1.54) is 9.80 Å². The van der Waals surface area contributed by atoms with E-state index in [-0.39, 0.29) is 38.5 Å². The Morgan fingerprint density at radius 2 is 1.95 bits per heavy atom. The van der Waals surface area contributed by atoms with Crippen LogP contribution in [-0.4, -0.2) is 71.4 Å². The third-order valence-corrected chi connectivity index (χ3v) is 3.56. The van der Waals surface area contributed by atoms with Gasteiger partial charge in [0.15, 0.2) is 0 Å². The second-order valence-corrected chi connectivity index (χ2v) is 5.87. The molecule has 9 heteroatoms. The van der Waals surface area contributed by atoms with Crippen molar-refractivity contribution in [2.45, 2.75) is 20.3 Å². The van der Waals surface area contributed by atoms with Crippen LogP contribution in [0, 0.1) is 5.41 Å². The number of carbonyl (C=O) groups excluding carboxylic acids is 3. The van der Waals surface area contributed by atoms with Crippen molar-refractivity contribution in [3.05, 3.63) is 0 Å². The van der Waals surface area contributed by atoms with E-state index < -0.39 is 23.3 Å². The number of carbonyl (C=O) groups is 4. The first-order valence-corrected chi connectivity index (χ1v) is 6.96. The monoisotopic (exact) mass is 314 g/mol. The second-order valence-electron chi connectivity index (χ2n) is 5.87. The van der Waals surface area contributed by atoms with Gasteiger partial charge in [-0.05, 0) is 20.3 Å². The minimum atomic E-state index is -0.933. The van der Waals surface area contributed by atoms with E-state index in [0.717, 1.165) is 0 Å². The molecule has 1 saturated heterocycles. The highest BCUT2D eigenvalue weighted by Crippen LogP contribution is 2.19. The quantitative estimate of drug-likeness (QED) is 0.568. The molecular formula is C13H22N4O5. The summed E-state index contributed by atoms with van der Waals surface area (Å²) in [6, 6.07) is -0.423. The van der Waals surface area contributed by atoms with Crippen molar-refractivity contribution in [2.24, 2.45) is 11.1 Å². The van der Waals surface area contributed by atoms with Gasteiger partial charge in [0.2, 0.25) is 11.8 Å². The van der Waals surface area contributed by atoms with E-state index in [1.54, 1.807) is 13.8 Å². The molecule has 0 unspecified atom stereocenters. The first-order chi connectivity index (χ1) is 10.1. The molecule has 9 nitrogen and oxygen atoms in total. The summed E-state index contributed by atoms with van der Waals surface area (Å²) in [5, 5.41) is 11.6. The molecule has 0 aliphatic carbocycles. The minimum Gasteiger partial charge on any atom is -0.481 e. The number of hydrogen-bond acceptors (Lipinski definition) is 4. The number of piperazine rings is 1. The Morgan fingerprint density at radius 3 is 2.45 bits per heavy atom. The molecule has 0 atom stereocenters. The van der Waals surface area contributed by atoms with Gasteiger partial charge < -0.3 is 26.0 Å². The predicted octanol–water partition coefficient (Wildman–Crippen LogP) is -1.17. The number of nitrogens with zero attached hydrogens (tertiary/aromatic N) is 2. The SMILES string of the molecule is CC(C)(CCNC(=O)N1CCN(CC(N)=O)C(=O)C1)C(=O)O. The van der Waals surface area contributed by atoms with Crippen LogP contribution in [0.15, 0.2) is 0 Å². The molecule has 22 heavy (non-hydrogen) atoms. The zero-order valence-electron chi connectivity index (χ0n) is 12.8. The molecule has 1 aliphatic heterocycles. The summed E-state index contributed by atoms with van der Waals surface area (Å²) in [6.07, 6.45) is 0.281. The number of aliphatic carboxylic acids is 1. The van der Waals surface area contributed by atoms with Crippen molar-refractivity contribution >= 4 is 23.8 Å². The van der Waals surface area contributed by atoms with Gasteiger partial charge in [0.1, 0.15) is 6.54 Å². The molecule has 0 spiro atoms. The summed E-state index contributed by atoms with van der Waals surface area (Å²) in [7, 11) is 0. The first kappa shape index (κ1) is 17.7. The molecule has 1 rings (SSSR count). The van der Waals surface area contributed by atoms with E-state index in [4.69, 9.17) is 10.8 Å². The van der Waals surface area contributed by atoms with Crippen LogP contribution < -0.4 is 11.1 Å². The molecule has 0 aromatic rings. The predicted molar refractivity (Wildman–Crippen MR) is 76.8 cm³/mol. The van der Waals surface area contributed by atoms with E-state index in [2.05, 4.69) is 5.32 Å². The number of rotatable bonds is 6. The Balaban J connectivity index is 2.41. The molecule has 1 fully saturated rings. The minimum absolute atomic E-state index is 0.124. The number of carboxylic acids is 1. The maximum atomic E-state index is 11.9. The van der Waals surface area contributed by atoms with Gasteiger partial charge in [-0.2, -0.15) is 0 Å². The fourth-order valence-corrected chi connectivity index (χ4v) is 1.94. The Labute approximate surface area is 128 Å². The Hall–Kier alpha value is -2.32. The highest BCUT2D eigenvalue weighted by Gasteiger charge is 2.29. The first-order valence-electron chi connectivity index (χ1n) is 6.96. The van der Waals surface area contributed by atoms with Crippen LogP contribution >= 0.6 is 0 Å². The fraction of sp³-hybridized carbons (Fsp3) is 0.692. The van der Waals surface area contributed by atoms with Crippen LogP contribution in [0.5, 0.6) is 0 Å². The van der Waals surface area contributed by atoms with Crippen LogP contribution in [-0.2, 0) is 14.4 Å². The fourth-order valence-electron chi connectivity index (χ4n) is 1.94. The number of amides is 4. The molecule has 0 aromatic heterocycles. The smallest absolute Gasteiger partial charge is 0.317 e. The third-order valence-electron chi connectivity index (χ3n) is 3.56. The average molecular weight is 314 g/mol. The zero-order valence-corrected chi connectivity index (χ0v) is 12.8. The van der Waals surface area contributed by atoms with Crippen molar-refractivity contribution in [1.82, 2.24) is 15.1 Å². The number of hydrogen-bond donors (Lipinski definition) is 3. The molecule has 0 aromatic carbocycles. The van der Waals surface area contributed by atoms with E-state index in [9.17, 15) is 19.2 Å². The standard InChI is InChI=1S/C13H22N4O5/c1-13(2,11(20)21)3-4-15-12(22)17-6-5-16(7-9(14)18)10(19)8-17/h3-8H2,1-2H3,(H2,14,18)(H,15,22)(H,20,21). The molecule has 1 aliphatic rings. The number of nitrogens with two attached hydrogens (primary N) is 1. The summed E-state index contributed by atoms with van der Waals surface area (Å²) in [4.78, 5) is 48.1. The van der Waals surface area contributed by atoms with Crippen molar-refractivity contribution in [1.29, 1.82) is 0 Å². The number of carboxylic acid groups (broad SMARTS) is 1. The number of urea groups is 1. The lowest BCUT2D eigenvalue weighted by atomic mass is 9.90. The molecule has 0 radical (unpaired) electrons. The van der Waals surface area contributed by atoms with E-state index >= 15 is 0 Å². The van der Waals surface area contributed by atoms with E-state index in [0.29, 0.717) is 6.54 Å². The third kappa shape index (κ3) is 4.90. The lowest BCUT2D eigenvalue weighted by Gasteiger charge is -2.33. The van der Waals surface area contributed by atoms with Gasteiger partial charge in [0.25, 0.3) is 0 Å². The van der Waals surface area contributed by atoms with E-state index in [1.807, 2.05) is 0 Å². The summed E-state index contributed by atoms with van der Waals surface area (Å²) < 4.78 is 0. The highest BCUT2D eigenvalue weighted by atomic mass is 16.4. The normalized spacial score (nSPS) is 15.6. The molecule has 4 N–H and O–H groups in total. The number of nitrogens with one attached hydrogen (secondary N) is 1. The van der Waals surface area contributed by atoms with Crippen LogP contribution in [0.3, 0.4) is 0 Å². The Morgan fingerprint density at radius 1 is 1.32 bits per heavy atom. The van der Waals surface area contributed by atoms with Crippen molar-refractivity contribution in [3.63, 3.8) is 0 Å².